The normalized spacial score (nSPS) is 13.5. The van der Waals surface area contributed by atoms with Crippen LogP contribution in [0.4, 0.5) is 0 Å². The number of aliphatic hydroxyl groups excluding tert-OH is 1. The van der Waals surface area contributed by atoms with Crippen LogP contribution >= 0.6 is 11.3 Å². The van der Waals surface area contributed by atoms with E-state index >= 15 is 0 Å². The summed E-state index contributed by atoms with van der Waals surface area (Å²) in [5.41, 5.74) is 1.77. The number of aliphatic hydroxyl groups is 1. The highest BCUT2D eigenvalue weighted by molar-refractivity contribution is 7.09. The quantitative estimate of drug-likeness (QED) is 0.937. The maximum absolute atomic E-state index is 10.2. The topological polar surface area (TPSA) is 58.9 Å². The molecule has 1 atom stereocenters. The Kier molecular flexibility index (Phi) is 3.96. The highest BCUT2D eigenvalue weighted by atomic mass is 32.1. The van der Waals surface area contributed by atoms with Gasteiger partial charge in [-0.05, 0) is 13.0 Å². The molecule has 0 aliphatic heterocycles. The first-order valence-corrected chi connectivity index (χ1v) is 7.17. The second-order valence-electron chi connectivity index (χ2n) is 5.63. The van der Waals surface area contributed by atoms with Gasteiger partial charge in [-0.1, -0.05) is 20.8 Å². The van der Waals surface area contributed by atoms with Gasteiger partial charge in [0.2, 0.25) is 0 Å². The minimum Gasteiger partial charge on any atom is -0.386 e. The minimum absolute atomic E-state index is 0.0468. The molecule has 0 aliphatic carbocycles. The van der Waals surface area contributed by atoms with Gasteiger partial charge < -0.3 is 5.11 Å². The van der Waals surface area contributed by atoms with Crippen molar-refractivity contribution in [2.24, 2.45) is 0 Å². The van der Waals surface area contributed by atoms with Crippen LogP contribution in [0, 0.1) is 6.92 Å². The third-order valence-corrected chi connectivity index (χ3v) is 3.70. The number of thiazole rings is 1. The van der Waals surface area contributed by atoms with E-state index in [-0.39, 0.29) is 5.41 Å². The van der Waals surface area contributed by atoms with Gasteiger partial charge in [-0.3, -0.25) is 0 Å². The summed E-state index contributed by atoms with van der Waals surface area (Å²) in [7, 11) is 0. The monoisotopic (exact) mass is 277 g/mol. The standard InChI is InChI=1S/C14H19N3OS/c1-9-15-6-5-10(16-9)11(18)7-13-17-12(8-19-13)14(2,3)4/h5-6,8,11,18H,7H2,1-4H3. The first kappa shape index (κ1) is 14.1. The number of nitrogens with zero attached hydrogens (tertiary/aromatic N) is 3. The molecular weight excluding hydrogens is 258 g/mol. The molecule has 19 heavy (non-hydrogen) atoms. The molecule has 2 heterocycles. The molecule has 2 aromatic rings. The molecule has 0 amide bonds. The third-order valence-electron chi connectivity index (χ3n) is 2.83. The zero-order valence-electron chi connectivity index (χ0n) is 11.7. The highest BCUT2D eigenvalue weighted by Gasteiger charge is 2.19. The third kappa shape index (κ3) is 3.58. The van der Waals surface area contributed by atoms with Gasteiger partial charge in [-0.2, -0.15) is 0 Å². The minimum atomic E-state index is -0.624. The maximum atomic E-state index is 10.2. The van der Waals surface area contributed by atoms with Crippen molar-refractivity contribution in [1.82, 2.24) is 15.0 Å². The average Bonchev–Trinajstić information content (AvgIpc) is 2.77. The predicted molar refractivity (Wildman–Crippen MR) is 76.2 cm³/mol. The Bertz CT molecular complexity index is 560. The van der Waals surface area contributed by atoms with Gasteiger partial charge >= 0.3 is 0 Å². The smallest absolute Gasteiger partial charge is 0.125 e. The molecule has 2 aromatic heterocycles. The van der Waals surface area contributed by atoms with Crippen LogP contribution in [0.5, 0.6) is 0 Å². The van der Waals surface area contributed by atoms with Crippen LogP contribution in [0.3, 0.4) is 0 Å². The summed E-state index contributed by atoms with van der Waals surface area (Å²) in [5, 5.41) is 13.2. The second kappa shape index (κ2) is 5.35. The molecule has 1 unspecified atom stereocenters. The molecule has 0 radical (unpaired) electrons. The summed E-state index contributed by atoms with van der Waals surface area (Å²) in [5.74, 6) is 0.672. The van der Waals surface area contributed by atoms with Crippen molar-refractivity contribution < 1.29 is 5.11 Å². The second-order valence-corrected chi connectivity index (χ2v) is 6.57. The summed E-state index contributed by atoms with van der Waals surface area (Å²) in [6, 6.07) is 1.75. The van der Waals surface area contributed by atoms with E-state index in [1.807, 2.05) is 6.92 Å². The molecule has 0 spiro atoms. The van der Waals surface area contributed by atoms with Gasteiger partial charge in [0, 0.05) is 23.4 Å². The fourth-order valence-electron chi connectivity index (χ4n) is 1.68. The predicted octanol–water partition coefficient (Wildman–Crippen LogP) is 2.82. The largest absolute Gasteiger partial charge is 0.386 e. The fourth-order valence-corrected chi connectivity index (χ4v) is 2.74. The summed E-state index contributed by atoms with van der Waals surface area (Å²) in [6.07, 6.45) is 1.54. The molecule has 1 N–H and O–H groups in total. The molecule has 0 aromatic carbocycles. The Hall–Kier alpha value is -1.33. The van der Waals surface area contributed by atoms with Crippen molar-refractivity contribution in [2.45, 2.75) is 45.6 Å². The van der Waals surface area contributed by atoms with Crippen molar-refractivity contribution in [3.8, 4) is 0 Å². The SMILES string of the molecule is Cc1nccc(C(O)Cc2nc(C(C)(C)C)cs2)n1. The number of aromatic nitrogens is 3. The van der Waals surface area contributed by atoms with E-state index in [1.165, 1.54) is 0 Å². The van der Waals surface area contributed by atoms with E-state index in [0.29, 0.717) is 17.9 Å². The van der Waals surface area contributed by atoms with Crippen molar-refractivity contribution in [1.29, 1.82) is 0 Å². The summed E-state index contributed by atoms with van der Waals surface area (Å²) in [4.78, 5) is 12.9. The van der Waals surface area contributed by atoms with E-state index in [1.54, 1.807) is 23.6 Å². The Morgan fingerprint density at radius 3 is 2.63 bits per heavy atom. The maximum Gasteiger partial charge on any atom is 0.125 e. The molecule has 4 nitrogen and oxygen atoms in total. The van der Waals surface area contributed by atoms with Gasteiger partial charge in [0.05, 0.1) is 16.4 Å². The molecule has 0 aliphatic rings. The van der Waals surface area contributed by atoms with Gasteiger partial charge in [0.15, 0.2) is 0 Å². The van der Waals surface area contributed by atoms with Crippen molar-refractivity contribution in [3.63, 3.8) is 0 Å². The molecule has 102 valence electrons. The van der Waals surface area contributed by atoms with Crippen LogP contribution in [0.2, 0.25) is 0 Å². The zero-order valence-corrected chi connectivity index (χ0v) is 12.5. The van der Waals surface area contributed by atoms with Crippen molar-refractivity contribution in [2.75, 3.05) is 0 Å². The van der Waals surface area contributed by atoms with Crippen molar-refractivity contribution >= 4 is 11.3 Å². The molecule has 0 saturated carbocycles. The number of rotatable bonds is 3. The van der Waals surface area contributed by atoms with Gasteiger partial charge in [-0.25, -0.2) is 15.0 Å². The van der Waals surface area contributed by atoms with Crippen LogP contribution in [0.1, 0.15) is 49.1 Å². The summed E-state index contributed by atoms with van der Waals surface area (Å²) in [6.45, 7) is 8.22. The first-order chi connectivity index (χ1) is 8.86. The van der Waals surface area contributed by atoms with Crippen LogP contribution in [-0.2, 0) is 11.8 Å². The van der Waals surface area contributed by atoms with Gasteiger partial charge in [0.25, 0.3) is 0 Å². The Labute approximate surface area is 117 Å². The molecule has 0 fully saturated rings. The van der Waals surface area contributed by atoms with Crippen molar-refractivity contribution in [3.05, 3.63) is 39.9 Å². The molecule has 0 bridgehead atoms. The van der Waals surface area contributed by atoms with Crippen LogP contribution in [0.15, 0.2) is 17.6 Å². The lowest BCUT2D eigenvalue weighted by Gasteiger charge is -2.14. The highest BCUT2D eigenvalue weighted by Crippen LogP contribution is 2.26. The van der Waals surface area contributed by atoms with E-state index in [9.17, 15) is 5.11 Å². The molecule has 0 saturated heterocycles. The van der Waals surface area contributed by atoms with E-state index in [4.69, 9.17) is 0 Å². The van der Waals surface area contributed by atoms with E-state index in [0.717, 1.165) is 10.7 Å². The molecule has 2 rings (SSSR count). The number of hydrogen-bond acceptors (Lipinski definition) is 5. The first-order valence-electron chi connectivity index (χ1n) is 6.29. The van der Waals surface area contributed by atoms with Crippen LogP contribution in [-0.4, -0.2) is 20.1 Å². The van der Waals surface area contributed by atoms with E-state index in [2.05, 4.69) is 41.1 Å². The van der Waals surface area contributed by atoms with Gasteiger partial charge in [0.1, 0.15) is 11.9 Å². The average molecular weight is 277 g/mol. The lowest BCUT2D eigenvalue weighted by atomic mass is 9.93. The summed E-state index contributed by atoms with van der Waals surface area (Å²) >= 11 is 1.59. The van der Waals surface area contributed by atoms with E-state index < -0.39 is 6.10 Å². The lowest BCUT2D eigenvalue weighted by molar-refractivity contribution is 0.173. The van der Waals surface area contributed by atoms with Gasteiger partial charge in [-0.15, -0.1) is 11.3 Å². The Balaban J connectivity index is 2.11. The fraction of sp³-hybridized carbons (Fsp3) is 0.500. The Morgan fingerprint density at radius 1 is 1.32 bits per heavy atom. The Morgan fingerprint density at radius 2 is 2.05 bits per heavy atom. The lowest BCUT2D eigenvalue weighted by Crippen LogP contribution is -2.12. The van der Waals surface area contributed by atoms with Crippen LogP contribution < -0.4 is 0 Å². The number of aryl methyl sites for hydroxylation is 1. The molecular formula is C14H19N3OS. The zero-order chi connectivity index (χ0) is 14.0. The number of hydrogen-bond donors (Lipinski definition) is 1. The van der Waals surface area contributed by atoms with Crippen LogP contribution in [0.25, 0.3) is 0 Å². The summed E-state index contributed by atoms with van der Waals surface area (Å²) < 4.78 is 0. The molecule has 5 heteroatoms.